The molecule has 0 fully saturated rings. The first-order chi connectivity index (χ1) is 6.27. The highest BCUT2D eigenvalue weighted by Crippen LogP contribution is 2.13. The highest BCUT2D eigenvalue weighted by molar-refractivity contribution is 5.41. The maximum atomic E-state index is 12.8. The lowest BCUT2D eigenvalue weighted by Crippen LogP contribution is -1.98. The minimum atomic E-state index is -0.286. The fourth-order valence-corrected chi connectivity index (χ4v) is 1.15. The van der Waals surface area contributed by atoms with Crippen molar-refractivity contribution in [2.75, 3.05) is 5.73 Å². The van der Waals surface area contributed by atoms with Gasteiger partial charge >= 0.3 is 0 Å². The molecule has 0 aliphatic carbocycles. The third kappa shape index (κ3) is 1.38. The van der Waals surface area contributed by atoms with E-state index in [1.165, 1.54) is 18.3 Å². The van der Waals surface area contributed by atoms with E-state index in [0.29, 0.717) is 11.5 Å². The maximum Gasteiger partial charge on any atom is 0.127 e. The molecule has 0 saturated heterocycles. The minimum Gasteiger partial charge on any atom is -0.383 e. The molecule has 0 aliphatic heterocycles. The molecule has 0 bridgehead atoms. The predicted octanol–water partition coefficient (Wildman–Crippen LogP) is 1.59. The molecule has 13 heavy (non-hydrogen) atoms. The van der Waals surface area contributed by atoms with E-state index < -0.39 is 0 Å². The molecule has 2 rings (SSSR count). The van der Waals surface area contributed by atoms with Crippen molar-refractivity contribution < 1.29 is 4.39 Å². The van der Waals surface area contributed by atoms with E-state index in [4.69, 9.17) is 5.73 Å². The Morgan fingerprint density at radius 3 is 2.85 bits per heavy atom. The number of nitrogen functional groups attached to an aromatic ring is 1. The van der Waals surface area contributed by atoms with Crippen LogP contribution >= 0.6 is 0 Å². The second-order valence-electron chi connectivity index (χ2n) is 2.67. The van der Waals surface area contributed by atoms with Gasteiger partial charge in [-0.1, -0.05) is 6.07 Å². The number of hydrogen-bond acceptors (Lipinski definition) is 2. The molecule has 0 saturated carbocycles. The van der Waals surface area contributed by atoms with E-state index in [1.807, 2.05) is 0 Å². The smallest absolute Gasteiger partial charge is 0.127 e. The first-order valence-electron chi connectivity index (χ1n) is 3.81. The van der Waals surface area contributed by atoms with Crippen molar-refractivity contribution in [1.82, 2.24) is 9.55 Å². The summed E-state index contributed by atoms with van der Waals surface area (Å²) in [6.07, 6.45) is 3.06. The number of anilines is 1. The zero-order valence-electron chi connectivity index (χ0n) is 6.81. The van der Waals surface area contributed by atoms with Crippen LogP contribution in [0.25, 0.3) is 5.69 Å². The number of aromatic nitrogens is 2. The molecule has 4 heteroatoms. The normalized spacial score (nSPS) is 10.2. The van der Waals surface area contributed by atoms with Gasteiger partial charge in [-0.2, -0.15) is 0 Å². The molecule has 2 aromatic rings. The average Bonchev–Trinajstić information content (AvgIpc) is 2.51. The van der Waals surface area contributed by atoms with Gasteiger partial charge in [0, 0.05) is 0 Å². The van der Waals surface area contributed by atoms with Gasteiger partial charge in [0.05, 0.1) is 11.9 Å². The second-order valence-corrected chi connectivity index (χ2v) is 2.67. The van der Waals surface area contributed by atoms with E-state index in [1.54, 1.807) is 23.0 Å². The van der Waals surface area contributed by atoms with Crippen molar-refractivity contribution in [3.05, 3.63) is 42.6 Å². The summed E-state index contributed by atoms with van der Waals surface area (Å²) in [5.41, 5.74) is 6.28. The zero-order valence-corrected chi connectivity index (χ0v) is 6.81. The van der Waals surface area contributed by atoms with Crippen LogP contribution in [0.4, 0.5) is 10.2 Å². The molecule has 1 aromatic carbocycles. The van der Waals surface area contributed by atoms with Gasteiger partial charge in [0.2, 0.25) is 0 Å². The highest BCUT2D eigenvalue weighted by Gasteiger charge is 2.00. The molecule has 2 N–H and O–H groups in total. The lowest BCUT2D eigenvalue weighted by Gasteiger charge is -2.03. The first kappa shape index (κ1) is 7.79. The summed E-state index contributed by atoms with van der Waals surface area (Å²) in [6.45, 7) is 0. The highest BCUT2D eigenvalue weighted by atomic mass is 19.1. The number of imidazole rings is 1. The second kappa shape index (κ2) is 2.90. The number of rotatable bonds is 1. The minimum absolute atomic E-state index is 0.286. The van der Waals surface area contributed by atoms with Crippen LogP contribution in [0.1, 0.15) is 0 Å². The van der Waals surface area contributed by atoms with Crippen molar-refractivity contribution in [1.29, 1.82) is 0 Å². The monoisotopic (exact) mass is 177 g/mol. The van der Waals surface area contributed by atoms with E-state index in [0.717, 1.165) is 0 Å². The van der Waals surface area contributed by atoms with Crippen molar-refractivity contribution in [3.63, 3.8) is 0 Å². The number of nitrogens with two attached hydrogens (primary N) is 1. The van der Waals surface area contributed by atoms with Gasteiger partial charge < -0.3 is 5.73 Å². The maximum absolute atomic E-state index is 12.8. The van der Waals surface area contributed by atoms with E-state index in [9.17, 15) is 4.39 Å². The summed E-state index contributed by atoms with van der Waals surface area (Å²) in [5.74, 6) is 0.205. The Balaban J connectivity index is 2.53. The standard InChI is InChI=1S/C9H8FN3/c10-7-2-1-3-8(4-7)13-6-12-5-9(13)11/h1-6H,11H2. The lowest BCUT2D eigenvalue weighted by molar-refractivity contribution is 0.626. The Bertz CT molecular complexity index is 422. The summed E-state index contributed by atoms with van der Waals surface area (Å²) in [6, 6.07) is 6.18. The van der Waals surface area contributed by atoms with Gasteiger partial charge in [-0.25, -0.2) is 9.37 Å². The molecule has 0 amide bonds. The number of hydrogen-bond donors (Lipinski definition) is 1. The fraction of sp³-hybridized carbons (Fsp3) is 0. The Kier molecular flexibility index (Phi) is 1.73. The molecule has 0 spiro atoms. The van der Waals surface area contributed by atoms with Crippen LogP contribution in [0.15, 0.2) is 36.8 Å². The van der Waals surface area contributed by atoms with Gasteiger partial charge in [-0.05, 0) is 18.2 Å². The van der Waals surface area contributed by atoms with Gasteiger partial charge in [0.1, 0.15) is 18.0 Å². The lowest BCUT2D eigenvalue weighted by atomic mass is 10.3. The summed E-state index contributed by atoms with van der Waals surface area (Å²) >= 11 is 0. The summed E-state index contributed by atoms with van der Waals surface area (Å²) in [5, 5.41) is 0. The van der Waals surface area contributed by atoms with Crippen molar-refractivity contribution in [2.45, 2.75) is 0 Å². The Morgan fingerprint density at radius 2 is 2.23 bits per heavy atom. The van der Waals surface area contributed by atoms with Crippen LogP contribution < -0.4 is 5.73 Å². The van der Waals surface area contributed by atoms with Gasteiger partial charge in [-0.15, -0.1) is 0 Å². The van der Waals surface area contributed by atoms with Crippen LogP contribution in [0, 0.1) is 5.82 Å². The summed E-state index contributed by atoms with van der Waals surface area (Å²) in [7, 11) is 0. The van der Waals surface area contributed by atoms with Gasteiger partial charge in [0.25, 0.3) is 0 Å². The van der Waals surface area contributed by atoms with E-state index >= 15 is 0 Å². The topological polar surface area (TPSA) is 43.8 Å². The number of halogens is 1. The van der Waals surface area contributed by atoms with E-state index in [2.05, 4.69) is 4.98 Å². The quantitative estimate of drug-likeness (QED) is 0.718. The molecule has 1 heterocycles. The van der Waals surface area contributed by atoms with Crippen LogP contribution in [-0.4, -0.2) is 9.55 Å². The van der Waals surface area contributed by atoms with Crippen LogP contribution in [0.5, 0.6) is 0 Å². The summed E-state index contributed by atoms with van der Waals surface area (Å²) in [4.78, 5) is 3.84. The average molecular weight is 177 g/mol. The molecule has 0 unspecified atom stereocenters. The molecular formula is C9H8FN3. The van der Waals surface area contributed by atoms with Crippen molar-refractivity contribution in [2.24, 2.45) is 0 Å². The molecule has 0 atom stereocenters. The van der Waals surface area contributed by atoms with Crippen LogP contribution in [-0.2, 0) is 0 Å². The molecule has 0 radical (unpaired) electrons. The third-order valence-corrected chi connectivity index (χ3v) is 1.75. The van der Waals surface area contributed by atoms with Crippen molar-refractivity contribution >= 4 is 5.82 Å². The number of benzene rings is 1. The molecule has 0 aliphatic rings. The largest absolute Gasteiger partial charge is 0.383 e. The SMILES string of the molecule is Nc1cncn1-c1cccc(F)c1. The fourth-order valence-electron chi connectivity index (χ4n) is 1.15. The zero-order chi connectivity index (χ0) is 9.26. The number of nitrogens with zero attached hydrogens (tertiary/aromatic N) is 2. The van der Waals surface area contributed by atoms with Crippen LogP contribution in [0.3, 0.4) is 0 Å². The molecular weight excluding hydrogens is 169 g/mol. The molecule has 66 valence electrons. The van der Waals surface area contributed by atoms with Gasteiger partial charge in [0.15, 0.2) is 0 Å². The van der Waals surface area contributed by atoms with Gasteiger partial charge in [-0.3, -0.25) is 4.57 Å². The molecule has 1 aromatic heterocycles. The van der Waals surface area contributed by atoms with Crippen molar-refractivity contribution in [3.8, 4) is 5.69 Å². The third-order valence-electron chi connectivity index (χ3n) is 1.75. The Labute approximate surface area is 74.6 Å². The van der Waals surface area contributed by atoms with Crippen LogP contribution in [0.2, 0.25) is 0 Å². The first-order valence-corrected chi connectivity index (χ1v) is 3.81. The molecule has 3 nitrogen and oxygen atoms in total. The van der Waals surface area contributed by atoms with E-state index in [-0.39, 0.29) is 5.82 Å². The Morgan fingerprint density at radius 1 is 1.38 bits per heavy atom. The predicted molar refractivity (Wildman–Crippen MR) is 47.9 cm³/mol. The Hall–Kier alpha value is -1.84. The summed E-state index contributed by atoms with van der Waals surface area (Å²) < 4.78 is 14.4.